The van der Waals surface area contributed by atoms with Gasteiger partial charge in [-0.1, -0.05) is 0 Å². The summed E-state index contributed by atoms with van der Waals surface area (Å²) < 4.78 is 0. The van der Waals surface area contributed by atoms with Crippen molar-refractivity contribution in [3.63, 3.8) is 0 Å². The van der Waals surface area contributed by atoms with Gasteiger partial charge in [0.15, 0.2) is 0 Å². The van der Waals surface area contributed by atoms with Crippen molar-refractivity contribution >= 4 is 6.21 Å². The molecular formula is C3H6N2O. The molecule has 6 heavy (non-hydrogen) atoms. The van der Waals surface area contributed by atoms with Gasteiger partial charge in [0.1, 0.15) is 0 Å². The van der Waals surface area contributed by atoms with Crippen molar-refractivity contribution in [3.8, 4) is 0 Å². The fraction of sp³-hybridized carbons (Fsp3) is 0.667. The number of hydrogen-bond donors (Lipinski definition) is 1. The van der Waals surface area contributed by atoms with Crippen molar-refractivity contribution < 1.29 is 5.21 Å². The van der Waals surface area contributed by atoms with E-state index in [-0.39, 0.29) is 6.54 Å². The van der Waals surface area contributed by atoms with Gasteiger partial charge in [-0.2, -0.15) is 0 Å². The molecule has 0 aromatic heterocycles. The highest BCUT2D eigenvalue weighted by atomic mass is 16.4. The topological polar surface area (TPSA) is 54.9 Å². The van der Waals surface area contributed by atoms with Gasteiger partial charge >= 0.3 is 0 Å². The lowest BCUT2D eigenvalue weighted by atomic mass is 10.5. The average Bonchev–Trinajstić information content (AvgIpc) is 1.61. The Morgan fingerprint density at radius 1 is 1.83 bits per heavy atom. The summed E-state index contributed by atoms with van der Waals surface area (Å²) in [6.45, 7) is 0.0457. The molecule has 0 fully saturated rings. The van der Waals surface area contributed by atoms with Crippen LogP contribution in [-0.4, -0.2) is 18.0 Å². The fourth-order valence-corrected chi connectivity index (χ4v) is 0.115. The van der Waals surface area contributed by atoms with Gasteiger partial charge in [0.05, 0.1) is 0 Å². The lowest BCUT2D eigenvalue weighted by Crippen LogP contribution is -1.83. The monoisotopic (exact) mass is 86.0 g/mol. The van der Waals surface area contributed by atoms with Crippen LogP contribution in [0.1, 0.15) is 6.42 Å². The molecule has 0 heterocycles. The third kappa shape index (κ3) is 3.43. The summed E-state index contributed by atoms with van der Waals surface area (Å²) in [5.74, 6) is 0. The minimum Gasteiger partial charge on any atom is -0.411 e. The summed E-state index contributed by atoms with van der Waals surface area (Å²) in [4.78, 5) is 0. The maximum absolute atomic E-state index is 8.00. The molecule has 0 atom stereocenters. The highest BCUT2D eigenvalue weighted by Crippen LogP contribution is 1.62. The van der Waals surface area contributed by atoms with Gasteiger partial charge in [-0.15, -0.1) is 10.9 Å². The van der Waals surface area contributed by atoms with E-state index in [4.69, 9.17) is 10.9 Å². The summed E-state index contributed by atoms with van der Waals surface area (Å²) in [7, 11) is 0. The zero-order valence-electron chi connectivity index (χ0n) is 3.33. The van der Waals surface area contributed by atoms with E-state index in [0.717, 1.165) is 0 Å². The zero-order valence-corrected chi connectivity index (χ0v) is 3.33. The fourth-order valence-electron chi connectivity index (χ4n) is 0.115. The normalized spacial score (nSPS) is 10.2. The third-order valence-corrected chi connectivity index (χ3v) is 0.340. The SMILES string of the molecule is [N]CCC=NO. The second-order valence-electron chi connectivity index (χ2n) is 0.810. The molecule has 2 radical (unpaired) electrons. The van der Waals surface area contributed by atoms with Crippen LogP contribution in [0, 0.1) is 0 Å². The van der Waals surface area contributed by atoms with E-state index >= 15 is 0 Å². The Labute approximate surface area is 36.5 Å². The molecule has 3 heteroatoms. The Kier molecular flexibility index (Phi) is 4.01. The molecule has 34 valence electrons. The van der Waals surface area contributed by atoms with Crippen LogP contribution < -0.4 is 5.73 Å². The first-order valence-corrected chi connectivity index (χ1v) is 1.68. The van der Waals surface area contributed by atoms with Gasteiger partial charge in [-0.3, -0.25) is 0 Å². The number of oxime groups is 1. The van der Waals surface area contributed by atoms with E-state index in [9.17, 15) is 0 Å². The Morgan fingerprint density at radius 2 is 2.50 bits per heavy atom. The minimum absolute atomic E-state index is 0.0457. The van der Waals surface area contributed by atoms with Crippen LogP contribution in [-0.2, 0) is 0 Å². The Balaban J connectivity index is 2.66. The Morgan fingerprint density at radius 3 is 2.67 bits per heavy atom. The predicted molar refractivity (Wildman–Crippen MR) is 21.9 cm³/mol. The molecule has 0 aromatic rings. The third-order valence-electron chi connectivity index (χ3n) is 0.340. The van der Waals surface area contributed by atoms with E-state index in [2.05, 4.69) is 5.16 Å². The highest BCUT2D eigenvalue weighted by Gasteiger charge is 1.69. The molecule has 3 nitrogen and oxygen atoms in total. The van der Waals surface area contributed by atoms with E-state index < -0.39 is 0 Å². The van der Waals surface area contributed by atoms with Crippen molar-refractivity contribution in [3.05, 3.63) is 0 Å². The van der Waals surface area contributed by atoms with Crippen LogP contribution in [0.4, 0.5) is 0 Å². The van der Waals surface area contributed by atoms with Crippen molar-refractivity contribution in [1.82, 2.24) is 5.73 Å². The second kappa shape index (κ2) is 4.43. The molecule has 0 saturated heterocycles. The molecule has 1 N–H and O–H groups in total. The summed E-state index contributed by atoms with van der Waals surface area (Å²) in [5.41, 5.74) is 8.00. The van der Waals surface area contributed by atoms with Crippen molar-refractivity contribution in [2.45, 2.75) is 6.42 Å². The molecule has 0 aliphatic carbocycles. The lowest BCUT2D eigenvalue weighted by molar-refractivity contribution is 0.320. The summed E-state index contributed by atoms with van der Waals surface area (Å²) >= 11 is 0. The van der Waals surface area contributed by atoms with Crippen LogP contribution in [0.5, 0.6) is 0 Å². The quantitative estimate of drug-likeness (QED) is 0.285. The minimum atomic E-state index is 0.0457. The van der Waals surface area contributed by atoms with E-state index in [1.165, 1.54) is 6.21 Å². The molecule has 0 aliphatic rings. The average molecular weight is 86.1 g/mol. The van der Waals surface area contributed by atoms with Gasteiger partial charge in [-0.05, 0) is 0 Å². The van der Waals surface area contributed by atoms with Crippen LogP contribution in [0.25, 0.3) is 0 Å². The number of rotatable bonds is 2. The molecule has 0 aliphatic heterocycles. The smallest absolute Gasteiger partial charge is 0.0449 e. The van der Waals surface area contributed by atoms with Crippen molar-refractivity contribution in [2.75, 3.05) is 6.54 Å². The van der Waals surface area contributed by atoms with E-state index in [1.807, 2.05) is 0 Å². The van der Waals surface area contributed by atoms with Gasteiger partial charge in [-0.25, -0.2) is 0 Å². The van der Waals surface area contributed by atoms with Crippen LogP contribution in [0.3, 0.4) is 0 Å². The largest absolute Gasteiger partial charge is 0.411 e. The molecule has 0 saturated carbocycles. The van der Waals surface area contributed by atoms with Gasteiger partial charge in [0, 0.05) is 19.2 Å². The molecular weight excluding hydrogens is 80.0 g/mol. The van der Waals surface area contributed by atoms with Gasteiger partial charge in [0.2, 0.25) is 0 Å². The first-order chi connectivity index (χ1) is 2.91. The second-order valence-corrected chi connectivity index (χ2v) is 0.810. The van der Waals surface area contributed by atoms with Gasteiger partial charge < -0.3 is 5.21 Å². The summed E-state index contributed by atoms with van der Waals surface area (Å²) in [6, 6.07) is 0. The molecule has 0 amide bonds. The molecule has 0 aromatic carbocycles. The first kappa shape index (κ1) is 5.43. The molecule has 0 rings (SSSR count). The van der Waals surface area contributed by atoms with Crippen molar-refractivity contribution in [1.29, 1.82) is 0 Å². The van der Waals surface area contributed by atoms with Gasteiger partial charge in [0.25, 0.3) is 0 Å². The van der Waals surface area contributed by atoms with Crippen LogP contribution >= 0.6 is 0 Å². The standard InChI is InChI=1S/C3H6N2O/c4-2-1-3-5-6/h3,6H,1-2H2. The predicted octanol–water partition coefficient (Wildman–Crippen LogP) is -0.0948. The van der Waals surface area contributed by atoms with Crippen LogP contribution in [0.15, 0.2) is 5.16 Å². The Bertz CT molecular complexity index is 44.1. The highest BCUT2D eigenvalue weighted by molar-refractivity contribution is 5.56. The molecule has 0 bridgehead atoms. The molecule has 0 spiro atoms. The first-order valence-electron chi connectivity index (χ1n) is 1.68. The van der Waals surface area contributed by atoms with Crippen molar-refractivity contribution in [2.24, 2.45) is 5.16 Å². The summed E-state index contributed by atoms with van der Waals surface area (Å²) in [6.07, 6.45) is 1.66. The zero-order chi connectivity index (χ0) is 4.83. The Hall–Kier alpha value is -0.570. The summed E-state index contributed by atoms with van der Waals surface area (Å²) in [5, 5.41) is 10.3. The number of hydrogen-bond acceptors (Lipinski definition) is 2. The maximum Gasteiger partial charge on any atom is 0.0449 e. The number of nitrogens with zero attached hydrogens (tertiary/aromatic N) is 2. The van der Waals surface area contributed by atoms with Crippen LogP contribution in [0.2, 0.25) is 0 Å². The molecule has 0 unspecified atom stereocenters. The van der Waals surface area contributed by atoms with E-state index in [1.54, 1.807) is 0 Å². The van der Waals surface area contributed by atoms with E-state index in [0.29, 0.717) is 6.42 Å². The maximum atomic E-state index is 8.00. The lowest BCUT2D eigenvalue weighted by Gasteiger charge is -1.72.